The average molecular weight is 101 g/mol. The van der Waals surface area contributed by atoms with Gasteiger partial charge in [-0.1, -0.05) is 0 Å². The van der Waals surface area contributed by atoms with E-state index in [0.717, 1.165) is 0 Å². The first-order valence-corrected chi connectivity index (χ1v) is 2.00. The molecule has 0 spiro atoms. The van der Waals surface area contributed by atoms with Crippen molar-refractivity contribution in [2.45, 2.75) is 6.92 Å². The van der Waals surface area contributed by atoms with Crippen LogP contribution in [0.3, 0.4) is 0 Å². The van der Waals surface area contributed by atoms with Crippen LogP contribution in [-0.4, -0.2) is 13.3 Å². The van der Waals surface area contributed by atoms with Gasteiger partial charge in [0.2, 0.25) is 0 Å². The van der Waals surface area contributed by atoms with E-state index in [0.29, 0.717) is 11.9 Å². The van der Waals surface area contributed by atoms with Crippen molar-refractivity contribution in [1.29, 1.82) is 0 Å². The van der Waals surface area contributed by atoms with Crippen molar-refractivity contribution < 1.29 is 4.39 Å². The molecule has 0 N–H and O–H groups in total. The van der Waals surface area contributed by atoms with Crippen LogP contribution in [0, 0.1) is 0 Å². The zero-order valence-electron chi connectivity index (χ0n) is 4.48. The van der Waals surface area contributed by atoms with E-state index in [9.17, 15) is 4.39 Å². The lowest BCUT2D eigenvalue weighted by Gasteiger charge is -1.78. The normalized spacial score (nSPS) is 13.3. The third kappa shape index (κ3) is 3.16. The molecule has 0 heterocycles. The Morgan fingerprint density at radius 2 is 2.29 bits per heavy atom. The second-order valence-corrected chi connectivity index (χ2v) is 1.24. The van der Waals surface area contributed by atoms with Gasteiger partial charge in [-0.25, -0.2) is 4.39 Å². The molecular weight excluding hydrogens is 93.1 g/mol. The number of aliphatic imine (C=N–C) groups is 1. The van der Waals surface area contributed by atoms with E-state index in [1.54, 1.807) is 14.0 Å². The second kappa shape index (κ2) is 3.53. The molecule has 0 atom stereocenters. The quantitative estimate of drug-likeness (QED) is 0.444. The van der Waals surface area contributed by atoms with Crippen molar-refractivity contribution in [3.8, 4) is 0 Å². The Labute approximate surface area is 42.6 Å². The van der Waals surface area contributed by atoms with Gasteiger partial charge in [0.15, 0.2) is 0 Å². The molecule has 2 heteroatoms. The molecule has 0 aliphatic rings. The van der Waals surface area contributed by atoms with Crippen molar-refractivity contribution in [1.82, 2.24) is 0 Å². The Morgan fingerprint density at radius 3 is 2.43 bits per heavy atom. The molecule has 0 saturated carbocycles. The fraction of sp³-hybridized carbons (Fsp3) is 0.400. The van der Waals surface area contributed by atoms with Crippen LogP contribution in [-0.2, 0) is 0 Å². The summed E-state index contributed by atoms with van der Waals surface area (Å²) in [5, 5.41) is 0. The summed E-state index contributed by atoms with van der Waals surface area (Å²) >= 11 is 0. The van der Waals surface area contributed by atoms with Crippen molar-refractivity contribution in [3.05, 3.63) is 11.9 Å². The zero-order chi connectivity index (χ0) is 5.70. The van der Waals surface area contributed by atoms with Gasteiger partial charge in [0.25, 0.3) is 0 Å². The van der Waals surface area contributed by atoms with E-state index in [1.807, 2.05) is 0 Å². The number of hydrogen-bond donors (Lipinski definition) is 0. The Morgan fingerprint density at radius 1 is 1.71 bits per heavy atom. The van der Waals surface area contributed by atoms with E-state index >= 15 is 0 Å². The number of allylic oxidation sites excluding steroid dienone is 1. The van der Waals surface area contributed by atoms with Crippen molar-refractivity contribution in [3.63, 3.8) is 0 Å². The van der Waals surface area contributed by atoms with Gasteiger partial charge in [0.05, 0.1) is 6.33 Å². The first-order valence-electron chi connectivity index (χ1n) is 2.00. The lowest BCUT2D eigenvalue weighted by atomic mass is 10.4. The predicted molar refractivity (Wildman–Crippen MR) is 29.3 cm³/mol. The fourth-order valence-corrected chi connectivity index (χ4v) is 0.232. The molecule has 0 aromatic rings. The molecule has 0 fully saturated rings. The molecule has 0 aliphatic heterocycles. The highest BCUT2D eigenvalue weighted by Gasteiger charge is 1.74. The Hall–Kier alpha value is -0.660. The minimum absolute atomic E-state index is 0.521. The maximum Gasteiger partial charge on any atom is 0.0911 e. The van der Waals surface area contributed by atoms with E-state index < -0.39 is 0 Å². The minimum Gasteiger partial charge on any atom is -0.296 e. The van der Waals surface area contributed by atoms with E-state index in [4.69, 9.17) is 0 Å². The summed E-state index contributed by atoms with van der Waals surface area (Å²) in [6.07, 6.45) is 1.98. The minimum atomic E-state index is 0.521. The molecule has 0 aliphatic carbocycles. The summed E-state index contributed by atoms with van der Waals surface area (Å²) in [7, 11) is 1.60. The molecule has 7 heavy (non-hydrogen) atoms. The highest BCUT2D eigenvalue weighted by Crippen LogP contribution is 1.85. The summed E-state index contributed by atoms with van der Waals surface area (Å²) in [6, 6.07) is 0. The van der Waals surface area contributed by atoms with Crippen molar-refractivity contribution in [2.75, 3.05) is 7.05 Å². The van der Waals surface area contributed by atoms with Gasteiger partial charge in [-0.15, -0.1) is 0 Å². The topological polar surface area (TPSA) is 12.4 Å². The van der Waals surface area contributed by atoms with Crippen LogP contribution in [0.15, 0.2) is 16.9 Å². The third-order valence-corrected chi connectivity index (χ3v) is 0.505. The highest BCUT2D eigenvalue weighted by molar-refractivity contribution is 5.76. The van der Waals surface area contributed by atoms with Crippen LogP contribution in [0.5, 0.6) is 0 Å². The van der Waals surface area contributed by atoms with Gasteiger partial charge in [-0.3, -0.25) is 4.99 Å². The van der Waals surface area contributed by atoms with Crippen molar-refractivity contribution in [2.24, 2.45) is 4.99 Å². The zero-order valence-corrected chi connectivity index (χ0v) is 4.48. The number of halogens is 1. The van der Waals surface area contributed by atoms with Crippen LogP contribution in [0.25, 0.3) is 0 Å². The summed E-state index contributed by atoms with van der Waals surface area (Å²) in [4.78, 5) is 3.57. The molecule has 0 rings (SSSR count). The van der Waals surface area contributed by atoms with Crippen LogP contribution < -0.4 is 0 Å². The second-order valence-electron chi connectivity index (χ2n) is 1.24. The first-order chi connectivity index (χ1) is 3.31. The van der Waals surface area contributed by atoms with Crippen LogP contribution in [0.4, 0.5) is 4.39 Å². The van der Waals surface area contributed by atoms with Crippen molar-refractivity contribution >= 4 is 6.21 Å². The van der Waals surface area contributed by atoms with Gasteiger partial charge in [-0.2, -0.15) is 0 Å². The van der Waals surface area contributed by atoms with E-state index in [-0.39, 0.29) is 0 Å². The molecule has 40 valence electrons. The highest BCUT2D eigenvalue weighted by atomic mass is 19.1. The lowest BCUT2D eigenvalue weighted by Crippen LogP contribution is -1.71. The monoisotopic (exact) mass is 101 g/mol. The SMILES string of the molecule is CN=C/C(C)=C\F. The summed E-state index contributed by atoms with van der Waals surface area (Å²) in [6.45, 7) is 1.65. The standard InChI is InChI=1S/C5H8FN/c1-5(3-6)4-7-2/h3-4H,1-2H3/b5-3-,7-4?. The molecule has 0 aromatic carbocycles. The Kier molecular flexibility index (Phi) is 3.19. The van der Waals surface area contributed by atoms with Crippen LogP contribution >= 0.6 is 0 Å². The van der Waals surface area contributed by atoms with Crippen LogP contribution in [0.2, 0.25) is 0 Å². The molecule has 0 aromatic heterocycles. The predicted octanol–water partition coefficient (Wildman–Crippen LogP) is 1.56. The maximum atomic E-state index is 11.3. The van der Waals surface area contributed by atoms with E-state index in [2.05, 4.69) is 4.99 Å². The van der Waals surface area contributed by atoms with Crippen LogP contribution in [0.1, 0.15) is 6.92 Å². The molecule has 0 amide bonds. The maximum absolute atomic E-state index is 11.3. The molecular formula is C5H8FN. The Bertz CT molecular complexity index is 94.3. The molecule has 1 nitrogen and oxygen atoms in total. The molecule has 0 saturated heterocycles. The molecule has 0 radical (unpaired) electrons. The summed E-state index contributed by atoms with van der Waals surface area (Å²) in [5.41, 5.74) is 0.544. The molecule has 0 unspecified atom stereocenters. The largest absolute Gasteiger partial charge is 0.296 e. The average Bonchev–Trinajstić information content (AvgIpc) is 1.68. The van der Waals surface area contributed by atoms with E-state index in [1.165, 1.54) is 6.21 Å². The smallest absolute Gasteiger partial charge is 0.0911 e. The summed E-state index contributed by atoms with van der Waals surface area (Å²) < 4.78 is 11.3. The van der Waals surface area contributed by atoms with Gasteiger partial charge in [0.1, 0.15) is 0 Å². The lowest BCUT2D eigenvalue weighted by molar-refractivity contribution is 0.715. The van der Waals surface area contributed by atoms with Gasteiger partial charge in [-0.05, 0) is 12.5 Å². The van der Waals surface area contributed by atoms with Gasteiger partial charge >= 0.3 is 0 Å². The Balaban J connectivity index is 3.58. The number of rotatable bonds is 1. The summed E-state index contributed by atoms with van der Waals surface area (Å²) in [5.74, 6) is 0. The first kappa shape index (κ1) is 6.34. The number of hydrogen-bond acceptors (Lipinski definition) is 1. The number of nitrogens with zero attached hydrogens (tertiary/aromatic N) is 1. The van der Waals surface area contributed by atoms with Gasteiger partial charge in [0, 0.05) is 13.3 Å². The fourth-order valence-electron chi connectivity index (χ4n) is 0.232. The third-order valence-electron chi connectivity index (χ3n) is 0.505. The molecule has 0 bridgehead atoms. The van der Waals surface area contributed by atoms with Gasteiger partial charge < -0.3 is 0 Å².